The lowest BCUT2D eigenvalue weighted by atomic mass is 10.0. The molecule has 0 aromatic rings. The molecule has 0 N–H and O–H groups in total. The average molecular weight is 681 g/mol. The molecule has 0 spiro atoms. The summed E-state index contributed by atoms with van der Waals surface area (Å²) < 4.78 is 16.5. The topological polar surface area (TPSA) is 78.9 Å². The summed E-state index contributed by atoms with van der Waals surface area (Å²) in [5.41, 5.74) is 0. The van der Waals surface area contributed by atoms with E-state index in [1.165, 1.54) is 128 Å². The summed E-state index contributed by atoms with van der Waals surface area (Å²) in [4.78, 5) is 37.3. The van der Waals surface area contributed by atoms with Crippen LogP contribution in [0.1, 0.15) is 233 Å². The molecule has 0 radical (unpaired) electrons. The molecule has 0 amide bonds. The molecule has 0 aromatic carbocycles. The molecule has 0 heterocycles. The first-order valence-corrected chi connectivity index (χ1v) is 21.0. The first kappa shape index (κ1) is 46.4. The Hall–Kier alpha value is -1.59. The van der Waals surface area contributed by atoms with Crippen molar-refractivity contribution in [3.05, 3.63) is 0 Å². The number of rotatable bonds is 38. The van der Waals surface area contributed by atoms with Gasteiger partial charge in [-0.25, -0.2) is 0 Å². The van der Waals surface area contributed by atoms with Crippen LogP contribution in [0.4, 0.5) is 0 Å². The van der Waals surface area contributed by atoms with Gasteiger partial charge in [0.2, 0.25) is 0 Å². The predicted molar refractivity (Wildman–Crippen MR) is 201 cm³/mol. The van der Waals surface area contributed by atoms with Gasteiger partial charge in [0, 0.05) is 19.3 Å². The third-order valence-electron chi connectivity index (χ3n) is 9.36. The average Bonchev–Trinajstić information content (AvgIpc) is 3.08. The molecule has 1 atom stereocenters. The van der Waals surface area contributed by atoms with Crippen molar-refractivity contribution in [3.8, 4) is 0 Å². The highest BCUT2D eigenvalue weighted by molar-refractivity contribution is 5.71. The van der Waals surface area contributed by atoms with Crippen molar-refractivity contribution in [2.24, 2.45) is 0 Å². The highest BCUT2D eigenvalue weighted by Crippen LogP contribution is 2.15. The molecule has 0 aliphatic heterocycles. The maximum atomic E-state index is 12.6. The second-order valence-electron chi connectivity index (χ2n) is 14.3. The van der Waals surface area contributed by atoms with Crippen molar-refractivity contribution >= 4 is 17.9 Å². The molecule has 48 heavy (non-hydrogen) atoms. The Bertz CT molecular complexity index is 708. The lowest BCUT2D eigenvalue weighted by Crippen LogP contribution is -2.30. The molecule has 0 aliphatic rings. The van der Waals surface area contributed by atoms with Crippen LogP contribution in [0.25, 0.3) is 0 Å². The van der Waals surface area contributed by atoms with Crippen molar-refractivity contribution < 1.29 is 28.6 Å². The van der Waals surface area contributed by atoms with Gasteiger partial charge in [-0.15, -0.1) is 0 Å². The van der Waals surface area contributed by atoms with E-state index in [4.69, 9.17) is 14.2 Å². The molecule has 0 bridgehead atoms. The summed E-state index contributed by atoms with van der Waals surface area (Å²) in [7, 11) is 0. The molecule has 284 valence electrons. The fourth-order valence-electron chi connectivity index (χ4n) is 6.15. The van der Waals surface area contributed by atoms with Gasteiger partial charge >= 0.3 is 17.9 Å². The Morgan fingerprint density at radius 3 is 0.833 bits per heavy atom. The Morgan fingerprint density at radius 2 is 0.562 bits per heavy atom. The monoisotopic (exact) mass is 681 g/mol. The molecule has 6 nitrogen and oxygen atoms in total. The van der Waals surface area contributed by atoms with Crippen molar-refractivity contribution in [1.82, 2.24) is 0 Å². The van der Waals surface area contributed by atoms with Crippen LogP contribution in [0.3, 0.4) is 0 Å². The Morgan fingerprint density at radius 1 is 0.333 bits per heavy atom. The minimum absolute atomic E-state index is 0.0645. The fraction of sp³-hybridized carbons (Fsp3) is 0.929. The summed E-state index contributed by atoms with van der Waals surface area (Å²) in [5.74, 6) is -0.874. The molecule has 0 aromatic heterocycles. The van der Waals surface area contributed by atoms with Crippen molar-refractivity contribution in [2.45, 2.75) is 239 Å². The van der Waals surface area contributed by atoms with Crippen molar-refractivity contribution in [2.75, 3.05) is 13.2 Å². The molecule has 0 fully saturated rings. The molecule has 6 heteroatoms. The summed E-state index contributed by atoms with van der Waals surface area (Å²) in [5, 5.41) is 0. The van der Waals surface area contributed by atoms with Gasteiger partial charge in [0.15, 0.2) is 6.10 Å². The van der Waals surface area contributed by atoms with Crippen LogP contribution in [0.2, 0.25) is 0 Å². The molecule has 0 saturated carbocycles. The first-order valence-electron chi connectivity index (χ1n) is 21.0. The molecule has 0 saturated heterocycles. The quantitative estimate of drug-likeness (QED) is 0.0367. The van der Waals surface area contributed by atoms with E-state index < -0.39 is 6.10 Å². The summed E-state index contributed by atoms with van der Waals surface area (Å²) >= 11 is 0. The number of carbonyl (C=O) groups is 3. The Kier molecular flexibility index (Phi) is 36.9. The van der Waals surface area contributed by atoms with Crippen molar-refractivity contribution in [1.29, 1.82) is 0 Å². The van der Waals surface area contributed by atoms with Crippen molar-refractivity contribution in [3.63, 3.8) is 0 Å². The zero-order chi connectivity index (χ0) is 35.2. The third kappa shape index (κ3) is 35.7. The van der Waals surface area contributed by atoms with Crippen LogP contribution >= 0.6 is 0 Å². The van der Waals surface area contributed by atoms with E-state index >= 15 is 0 Å². The number of hydrogen-bond donors (Lipinski definition) is 0. The number of carbonyl (C=O) groups excluding carboxylic acids is 3. The summed E-state index contributed by atoms with van der Waals surface area (Å²) in [6.45, 7) is 6.54. The molecule has 0 unspecified atom stereocenters. The van der Waals surface area contributed by atoms with E-state index in [0.29, 0.717) is 19.3 Å². The van der Waals surface area contributed by atoms with Gasteiger partial charge < -0.3 is 14.2 Å². The van der Waals surface area contributed by atoms with Crippen LogP contribution in [-0.2, 0) is 28.6 Å². The van der Waals surface area contributed by atoms with Gasteiger partial charge in [0.1, 0.15) is 13.2 Å². The molecular formula is C42H80O6. The second-order valence-corrected chi connectivity index (χ2v) is 14.3. The van der Waals surface area contributed by atoms with Gasteiger partial charge in [-0.2, -0.15) is 0 Å². The molecular weight excluding hydrogens is 600 g/mol. The van der Waals surface area contributed by atoms with E-state index in [9.17, 15) is 14.4 Å². The van der Waals surface area contributed by atoms with Gasteiger partial charge in [-0.05, 0) is 19.3 Å². The van der Waals surface area contributed by atoms with Crippen LogP contribution in [0.5, 0.6) is 0 Å². The van der Waals surface area contributed by atoms with E-state index in [1.54, 1.807) is 0 Å². The lowest BCUT2D eigenvalue weighted by Gasteiger charge is -2.18. The fourth-order valence-corrected chi connectivity index (χ4v) is 6.15. The summed E-state index contributed by atoms with van der Waals surface area (Å²) in [6, 6.07) is 0. The minimum Gasteiger partial charge on any atom is -0.462 e. The SMILES string of the molecule is CCCCCCCCCCCCCCCCCCC(=O)OC[C@@H](COC(=O)CCCCCCC)OC(=O)CCCCCCCCCCC. The Labute approximate surface area is 298 Å². The standard InChI is InChI=1S/C42H80O6/c1-4-7-10-13-15-17-18-19-20-21-22-23-25-26-29-32-35-41(44)47-38-39(37-46-40(43)34-31-28-12-9-6-3)48-42(45)36-33-30-27-24-16-14-11-8-5-2/h39H,4-38H2,1-3H3/t39-/m1/s1. The van der Waals surface area contributed by atoms with Crippen LogP contribution < -0.4 is 0 Å². The number of ether oxygens (including phenoxy) is 3. The van der Waals surface area contributed by atoms with E-state index in [0.717, 1.165) is 64.2 Å². The maximum Gasteiger partial charge on any atom is 0.306 e. The van der Waals surface area contributed by atoms with Gasteiger partial charge in [0.25, 0.3) is 0 Å². The first-order chi connectivity index (χ1) is 23.5. The smallest absolute Gasteiger partial charge is 0.306 e. The van der Waals surface area contributed by atoms with E-state index in [2.05, 4.69) is 20.8 Å². The minimum atomic E-state index is -0.755. The number of unbranched alkanes of at least 4 members (excludes halogenated alkanes) is 27. The number of hydrogen-bond acceptors (Lipinski definition) is 6. The van der Waals surface area contributed by atoms with Gasteiger partial charge in [-0.1, -0.05) is 194 Å². The maximum absolute atomic E-state index is 12.6. The Balaban J connectivity index is 4.15. The van der Waals surface area contributed by atoms with Crippen LogP contribution in [-0.4, -0.2) is 37.2 Å². The lowest BCUT2D eigenvalue weighted by molar-refractivity contribution is -0.167. The van der Waals surface area contributed by atoms with E-state index in [-0.39, 0.29) is 31.1 Å². The zero-order valence-corrected chi connectivity index (χ0v) is 32.3. The van der Waals surface area contributed by atoms with Crippen LogP contribution in [0, 0.1) is 0 Å². The van der Waals surface area contributed by atoms with E-state index in [1.807, 2.05) is 0 Å². The zero-order valence-electron chi connectivity index (χ0n) is 32.3. The summed E-state index contributed by atoms with van der Waals surface area (Å²) in [6.07, 6.45) is 36.9. The molecule has 0 rings (SSSR count). The third-order valence-corrected chi connectivity index (χ3v) is 9.36. The van der Waals surface area contributed by atoms with Gasteiger partial charge in [-0.3, -0.25) is 14.4 Å². The highest BCUT2D eigenvalue weighted by Gasteiger charge is 2.19. The molecule has 0 aliphatic carbocycles. The number of esters is 3. The normalized spacial score (nSPS) is 11.8. The van der Waals surface area contributed by atoms with Crippen LogP contribution in [0.15, 0.2) is 0 Å². The van der Waals surface area contributed by atoms with Gasteiger partial charge in [0.05, 0.1) is 0 Å². The highest BCUT2D eigenvalue weighted by atomic mass is 16.6. The predicted octanol–water partition coefficient (Wildman–Crippen LogP) is 12.9. The largest absolute Gasteiger partial charge is 0.462 e. The second kappa shape index (κ2) is 38.2.